The third kappa shape index (κ3) is 4.48. The predicted molar refractivity (Wildman–Crippen MR) is 95.4 cm³/mol. The summed E-state index contributed by atoms with van der Waals surface area (Å²) in [6.45, 7) is 3.24. The van der Waals surface area contributed by atoms with E-state index in [1.807, 2.05) is 19.2 Å². The smallest absolute Gasteiger partial charge is 0.289 e. The number of pyridine rings is 1. The standard InChI is InChI=1S/C19H23N3O3/c1-14(20-2)5-3-6-15-9-16(11-21-10-15)25-17-12-22(13-17)19(23)18-7-4-8-24-18/h3-4,6-11,14,17,20H,5,12-13H2,1-2H3/t14-/m0/s1. The van der Waals surface area contributed by atoms with Gasteiger partial charge in [-0.3, -0.25) is 9.78 Å². The lowest BCUT2D eigenvalue weighted by molar-refractivity contribution is 0.0154. The maximum absolute atomic E-state index is 12.1. The number of nitrogens with one attached hydrogen (secondary N) is 1. The Hall–Kier alpha value is -2.60. The lowest BCUT2D eigenvalue weighted by atomic mass is 10.1. The van der Waals surface area contributed by atoms with Gasteiger partial charge in [-0.05, 0) is 44.2 Å². The van der Waals surface area contributed by atoms with E-state index in [4.69, 9.17) is 9.15 Å². The van der Waals surface area contributed by atoms with Crippen LogP contribution in [0.15, 0.2) is 47.3 Å². The van der Waals surface area contributed by atoms with Gasteiger partial charge in [-0.25, -0.2) is 0 Å². The lowest BCUT2D eigenvalue weighted by Gasteiger charge is -2.38. The van der Waals surface area contributed by atoms with Gasteiger partial charge < -0.3 is 19.4 Å². The second-order valence-electron chi connectivity index (χ2n) is 6.21. The van der Waals surface area contributed by atoms with E-state index in [-0.39, 0.29) is 12.0 Å². The molecule has 1 N–H and O–H groups in total. The molecule has 0 bridgehead atoms. The molecule has 0 aromatic carbocycles. The Morgan fingerprint density at radius 2 is 2.36 bits per heavy atom. The average Bonchev–Trinajstić information content (AvgIpc) is 3.12. The summed E-state index contributed by atoms with van der Waals surface area (Å²) in [6, 6.07) is 5.79. The highest BCUT2D eigenvalue weighted by Gasteiger charge is 2.33. The quantitative estimate of drug-likeness (QED) is 0.838. The number of amides is 1. The van der Waals surface area contributed by atoms with E-state index in [1.165, 1.54) is 6.26 Å². The molecule has 0 saturated carbocycles. The number of rotatable bonds is 7. The molecule has 1 aliphatic rings. The van der Waals surface area contributed by atoms with Crippen LogP contribution in [0.1, 0.15) is 29.5 Å². The van der Waals surface area contributed by atoms with Crippen molar-refractivity contribution in [2.45, 2.75) is 25.5 Å². The molecular weight excluding hydrogens is 318 g/mol. The van der Waals surface area contributed by atoms with Gasteiger partial charge in [-0.1, -0.05) is 12.2 Å². The summed E-state index contributed by atoms with van der Waals surface area (Å²) in [5, 5.41) is 3.20. The summed E-state index contributed by atoms with van der Waals surface area (Å²) in [6.07, 6.45) is 10.1. The first-order valence-corrected chi connectivity index (χ1v) is 8.44. The second-order valence-corrected chi connectivity index (χ2v) is 6.21. The van der Waals surface area contributed by atoms with Crippen LogP contribution >= 0.6 is 0 Å². The van der Waals surface area contributed by atoms with Crippen LogP contribution in [0.25, 0.3) is 6.08 Å². The Kier molecular flexibility index (Phi) is 5.50. The summed E-state index contributed by atoms with van der Waals surface area (Å²) in [5.41, 5.74) is 1.00. The highest BCUT2D eigenvalue weighted by Crippen LogP contribution is 2.20. The molecule has 2 aromatic heterocycles. The van der Waals surface area contributed by atoms with Crippen molar-refractivity contribution in [3.05, 3.63) is 54.3 Å². The van der Waals surface area contributed by atoms with E-state index in [1.54, 1.807) is 29.4 Å². The van der Waals surface area contributed by atoms with Gasteiger partial charge in [0.05, 0.1) is 25.5 Å². The number of hydrogen-bond acceptors (Lipinski definition) is 5. The van der Waals surface area contributed by atoms with Crippen molar-refractivity contribution < 1.29 is 13.9 Å². The number of carbonyl (C=O) groups is 1. The van der Waals surface area contributed by atoms with Crippen molar-refractivity contribution in [1.29, 1.82) is 0 Å². The highest BCUT2D eigenvalue weighted by atomic mass is 16.5. The Bertz CT molecular complexity index is 721. The summed E-state index contributed by atoms with van der Waals surface area (Å²) in [7, 11) is 1.95. The first kappa shape index (κ1) is 17.2. The van der Waals surface area contributed by atoms with Crippen LogP contribution in [0.3, 0.4) is 0 Å². The number of carbonyl (C=O) groups excluding carboxylic acids is 1. The van der Waals surface area contributed by atoms with Crippen LogP contribution in [0.2, 0.25) is 0 Å². The molecular formula is C19H23N3O3. The molecule has 0 unspecified atom stereocenters. The van der Waals surface area contributed by atoms with Crippen molar-refractivity contribution in [3.8, 4) is 5.75 Å². The monoisotopic (exact) mass is 341 g/mol. The molecule has 6 nitrogen and oxygen atoms in total. The van der Waals surface area contributed by atoms with Gasteiger partial charge in [-0.2, -0.15) is 0 Å². The van der Waals surface area contributed by atoms with Crippen molar-refractivity contribution >= 4 is 12.0 Å². The van der Waals surface area contributed by atoms with Gasteiger partial charge in [0.15, 0.2) is 5.76 Å². The molecule has 0 spiro atoms. The molecule has 1 atom stereocenters. The number of ether oxygens (including phenoxy) is 1. The molecule has 1 aliphatic heterocycles. The third-order valence-electron chi connectivity index (χ3n) is 4.20. The van der Waals surface area contributed by atoms with Crippen LogP contribution < -0.4 is 10.1 Å². The van der Waals surface area contributed by atoms with Gasteiger partial charge in [-0.15, -0.1) is 0 Å². The fourth-order valence-electron chi connectivity index (χ4n) is 2.54. The van der Waals surface area contributed by atoms with Crippen molar-refractivity contribution in [2.75, 3.05) is 20.1 Å². The SMILES string of the molecule is CN[C@@H](C)CC=Cc1cncc(OC2CN(C(=O)c3ccco3)C2)c1. The summed E-state index contributed by atoms with van der Waals surface area (Å²) < 4.78 is 11.0. The third-order valence-corrected chi connectivity index (χ3v) is 4.20. The summed E-state index contributed by atoms with van der Waals surface area (Å²) in [5.74, 6) is 0.986. The van der Waals surface area contributed by atoms with Crippen LogP contribution in [-0.2, 0) is 0 Å². The zero-order valence-electron chi connectivity index (χ0n) is 14.5. The van der Waals surface area contributed by atoms with Gasteiger partial charge in [0.2, 0.25) is 0 Å². The predicted octanol–water partition coefficient (Wildman–Crippen LogP) is 2.59. The number of furan rings is 1. The molecule has 132 valence electrons. The first-order valence-electron chi connectivity index (χ1n) is 8.44. The van der Waals surface area contributed by atoms with Crippen LogP contribution in [-0.4, -0.2) is 48.1 Å². The van der Waals surface area contributed by atoms with E-state index < -0.39 is 0 Å². The first-order chi connectivity index (χ1) is 12.2. The minimum Gasteiger partial charge on any atom is -0.485 e. The van der Waals surface area contributed by atoms with E-state index in [9.17, 15) is 4.79 Å². The highest BCUT2D eigenvalue weighted by molar-refractivity contribution is 5.92. The van der Waals surface area contributed by atoms with E-state index >= 15 is 0 Å². The van der Waals surface area contributed by atoms with E-state index in [0.717, 1.165) is 17.7 Å². The molecule has 1 saturated heterocycles. The van der Waals surface area contributed by atoms with Gasteiger partial charge in [0, 0.05) is 12.2 Å². The fourth-order valence-corrected chi connectivity index (χ4v) is 2.54. The summed E-state index contributed by atoms with van der Waals surface area (Å²) >= 11 is 0. The maximum Gasteiger partial charge on any atom is 0.289 e. The zero-order chi connectivity index (χ0) is 17.6. The number of nitrogens with zero attached hydrogens (tertiary/aromatic N) is 2. The largest absolute Gasteiger partial charge is 0.485 e. The second kappa shape index (κ2) is 7.98. The van der Waals surface area contributed by atoms with Crippen LogP contribution in [0, 0.1) is 0 Å². The topological polar surface area (TPSA) is 67.6 Å². The molecule has 6 heteroatoms. The molecule has 0 radical (unpaired) electrons. The number of likely N-dealkylation sites (tertiary alicyclic amines) is 1. The van der Waals surface area contributed by atoms with Gasteiger partial charge >= 0.3 is 0 Å². The maximum atomic E-state index is 12.1. The molecule has 1 fully saturated rings. The minimum atomic E-state index is -0.0988. The minimum absolute atomic E-state index is 0.00995. The average molecular weight is 341 g/mol. The molecule has 3 heterocycles. The zero-order valence-corrected chi connectivity index (χ0v) is 14.5. The lowest BCUT2D eigenvalue weighted by Crippen LogP contribution is -2.56. The van der Waals surface area contributed by atoms with Crippen LogP contribution in [0.5, 0.6) is 5.75 Å². The molecule has 2 aromatic rings. The van der Waals surface area contributed by atoms with Crippen molar-refractivity contribution in [1.82, 2.24) is 15.2 Å². The Morgan fingerprint density at radius 1 is 1.52 bits per heavy atom. The van der Waals surface area contributed by atoms with E-state index in [0.29, 0.717) is 24.9 Å². The number of aromatic nitrogens is 1. The van der Waals surface area contributed by atoms with Crippen LogP contribution in [0.4, 0.5) is 0 Å². The molecule has 25 heavy (non-hydrogen) atoms. The molecule has 0 aliphatic carbocycles. The van der Waals surface area contributed by atoms with Gasteiger partial charge in [0.25, 0.3) is 5.91 Å². The Labute approximate surface area is 147 Å². The van der Waals surface area contributed by atoms with Crippen molar-refractivity contribution in [3.63, 3.8) is 0 Å². The van der Waals surface area contributed by atoms with Crippen molar-refractivity contribution in [2.24, 2.45) is 0 Å². The Balaban J connectivity index is 1.49. The molecule has 1 amide bonds. The Morgan fingerprint density at radius 3 is 3.08 bits per heavy atom. The molecule has 3 rings (SSSR count). The summed E-state index contributed by atoms with van der Waals surface area (Å²) in [4.78, 5) is 18.0. The number of hydrogen-bond donors (Lipinski definition) is 1. The van der Waals surface area contributed by atoms with Gasteiger partial charge in [0.1, 0.15) is 11.9 Å². The van der Waals surface area contributed by atoms with E-state index in [2.05, 4.69) is 23.3 Å². The normalized spacial score (nSPS) is 16.0. The fraction of sp³-hybridized carbons (Fsp3) is 0.368.